The molecule has 4 nitrogen and oxygen atoms in total. The maximum absolute atomic E-state index is 9.30. The molecule has 2 atom stereocenters. The first-order valence-electron chi connectivity index (χ1n) is 8.41. The van der Waals surface area contributed by atoms with Gasteiger partial charge in [0.1, 0.15) is 11.5 Å². The van der Waals surface area contributed by atoms with E-state index in [-0.39, 0.29) is 12.7 Å². The summed E-state index contributed by atoms with van der Waals surface area (Å²) >= 11 is 0. The topological polar surface area (TPSA) is 55.5 Å². The smallest absolute Gasteiger partial charge is 0.226 e. The molecule has 1 aliphatic carbocycles. The Kier molecular flexibility index (Phi) is 5.13. The van der Waals surface area contributed by atoms with Crippen molar-refractivity contribution in [2.75, 3.05) is 6.61 Å². The van der Waals surface area contributed by atoms with E-state index in [0.29, 0.717) is 18.4 Å². The van der Waals surface area contributed by atoms with Crippen LogP contribution in [0.5, 0.6) is 0 Å². The minimum atomic E-state index is 0.222. The molecule has 0 unspecified atom stereocenters. The van der Waals surface area contributed by atoms with Gasteiger partial charge in [0, 0.05) is 12.2 Å². The Morgan fingerprint density at radius 2 is 2.00 bits per heavy atom. The maximum Gasteiger partial charge on any atom is 0.226 e. The number of ether oxygens (including phenoxy) is 1. The predicted molar refractivity (Wildman–Crippen MR) is 89.0 cm³/mol. The van der Waals surface area contributed by atoms with E-state index >= 15 is 0 Å². The van der Waals surface area contributed by atoms with E-state index in [9.17, 15) is 5.11 Å². The summed E-state index contributed by atoms with van der Waals surface area (Å²) in [5.74, 6) is 1.85. The molecule has 1 aromatic carbocycles. The molecule has 4 heteroatoms. The summed E-state index contributed by atoms with van der Waals surface area (Å²) < 4.78 is 11.8. The fourth-order valence-corrected chi connectivity index (χ4v) is 3.14. The van der Waals surface area contributed by atoms with Crippen LogP contribution in [0, 0.1) is 19.8 Å². The highest BCUT2D eigenvalue weighted by molar-refractivity contribution is 5.54. The Bertz CT molecular complexity index is 633. The number of aromatic nitrogens is 1. The lowest BCUT2D eigenvalue weighted by molar-refractivity contribution is -0.00771. The molecule has 124 valence electrons. The molecule has 1 heterocycles. The SMILES string of the molecule is Cc1ccc(-c2nc(CO[C@@H]3CCC[C@H](CO)C3)c(C)o2)cc1. The van der Waals surface area contributed by atoms with E-state index in [1.54, 1.807) is 0 Å². The number of benzene rings is 1. The number of aliphatic hydroxyl groups excluding tert-OH is 1. The molecule has 0 saturated heterocycles. The quantitative estimate of drug-likeness (QED) is 0.905. The summed E-state index contributed by atoms with van der Waals surface area (Å²) in [5.41, 5.74) is 3.07. The van der Waals surface area contributed by atoms with Crippen LogP contribution in [0.4, 0.5) is 0 Å². The van der Waals surface area contributed by atoms with Crippen LogP contribution in [0.2, 0.25) is 0 Å². The molecule has 0 radical (unpaired) electrons. The third-order valence-corrected chi connectivity index (χ3v) is 4.64. The zero-order valence-corrected chi connectivity index (χ0v) is 13.9. The van der Waals surface area contributed by atoms with Crippen molar-refractivity contribution in [2.24, 2.45) is 5.92 Å². The van der Waals surface area contributed by atoms with Gasteiger partial charge in [0.15, 0.2) is 0 Å². The zero-order valence-electron chi connectivity index (χ0n) is 13.9. The van der Waals surface area contributed by atoms with Gasteiger partial charge in [-0.3, -0.25) is 0 Å². The Labute approximate surface area is 137 Å². The predicted octanol–water partition coefficient (Wildman–Crippen LogP) is 4.03. The van der Waals surface area contributed by atoms with Gasteiger partial charge >= 0.3 is 0 Å². The summed E-state index contributed by atoms with van der Waals surface area (Å²) in [6, 6.07) is 8.17. The second kappa shape index (κ2) is 7.28. The van der Waals surface area contributed by atoms with E-state index in [1.807, 2.05) is 19.1 Å². The van der Waals surface area contributed by atoms with Crippen molar-refractivity contribution in [3.05, 3.63) is 41.3 Å². The van der Waals surface area contributed by atoms with Gasteiger partial charge in [-0.25, -0.2) is 4.98 Å². The molecule has 1 aromatic heterocycles. The van der Waals surface area contributed by atoms with Crippen molar-refractivity contribution in [3.63, 3.8) is 0 Å². The first-order valence-corrected chi connectivity index (χ1v) is 8.41. The highest BCUT2D eigenvalue weighted by Crippen LogP contribution is 2.28. The monoisotopic (exact) mass is 315 g/mol. The van der Waals surface area contributed by atoms with Gasteiger partial charge in [-0.05, 0) is 51.2 Å². The molecule has 1 aliphatic rings. The standard InChI is InChI=1S/C19H25NO3/c1-13-6-8-16(9-7-13)19-20-18(14(2)23-19)12-22-17-5-3-4-15(10-17)11-21/h6-9,15,17,21H,3-5,10-12H2,1-2H3/t15-,17+/m0/s1. The fourth-order valence-electron chi connectivity index (χ4n) is 3.14. The molecule has 3 rings (SSSR count). The van der Waals surface area contributed by atoms with E-state index in [2.05, 4.69) is 24.0 Å². The summed E-state index contributed by atoms with van der Waals surface area (Å²) in [6.07, 6.45) is 4.47. The van der Waals surface area contributed by atoms with Crippen LogP contribution >= 0.6 is 0 Å². The number of hydrogen-bond acceptors (Lipinski definition) is 4. The van der Waals surface area contributed by atoms with Gasteiger partial charge in [0.2, 0.25) is 5.89 Å². The average Bonchev–Trinajstić information content (AvgIpc) is 2.95. The van der Waals surface area contributed by atoms with Crippen LogP contribution in [0.25, 0.3) is 11.5 Å². The van der Waals surface area contributed by atoms with Crippen molar-refractivity contribution in [2.45, 2.75) is 52.2 Å². The van der Waals surface area contributed by atoms with Crippen LogP contribution in [0.1, 0.15) is 42.7 Å². The second-order valence-electron chi connectivity index (χ2n) is 6.54. The lowest BCUT2D eigenvalue weighted by Gasteiger charge is -2.27. The Morgan fingerprint density at radius 1 is 1.22 bits per heavy atom. The van der Waals surface area contributed by atoms with Gasteiger partial charge in [-0.15, -0.1) is 0 Å². The number of oxazole rings is 1. The van der Waals surface area contributed by atoms with Crippen molar-refractivity contribution < 1.29 is 14.3 Å². The Balaban J connectivity index is 1.63. The van der Waals surface area contributed by atoms with Crippen LogP contribution in [0.15, 0.2) is 28.7 Å². The van der Waals surface area contributed by atoms with Crippen LogP contribution < -0.4 is 0 Å². The summed E-state index contributed by atoms with van der Waals surface area (Å²) in [6.45, 7) is 4.74. The van der Waals surface area contributed by atoms with E-state index in [0.717, 1.165) is 42.7 Å². The third kappa shape index (κ3) is 4.01. The third-order valence-electron chi connectivity index (χ3n) is 4.64. The van der Waals surface area contributed by atoms with Crippen LogP contribution in [-0.4, -0.2) is 22.8 Å². The van der Waals surface area contributed by atoms with Gasteiger partial charge in [-0.2, -0.15) is 0 Å². The van der Waals surface area contributed by atoms with Gasteiger partial charge in [0.05, 0.1) is 12.7 Å². The molecule has 2 aromatic rings. The second-order valence-corrected chi connectivity index (χ2v) is 6.54. The number of hydrogen-bond donors (Lipinski definition) is 1. The molecule has 0 aliphatic heterocycles. The number of rotatable bonds is 5. The number of aliphatic hydroxyl groups is 1. The number of nitrogens with zero attached hydrogens (tertiary/aromatic N) is 1. The molecule has 0 bridgehead atoms. The van der Waals surface area contributed by atoms with Crippen molar-refractivity contribution >= 4 is 0 Å². The van der Waals surface area contributed by atoms with Crippen LogP contribution in [0.3, 0.4) is 0 Å². The van der Waals surface area contributed by atoms with Gasteiger partial charge in [-0.1, -0.05) is 24.1 Å². The first kappa shape index (κ1) is 16.2. The molecule has 0 amide bonds. The minimum Gasteiger partial charge on any atom is -0.441 e. The normalized spacial score (nSPS) is 21.5. The summed E-state index contributed by atoms with van der Waals surface area (Å²) in [5, 5.41) is 9.30. The largest absolute Gasteiger partial charge is 0.441 e. The highest BCUT2D eigenvalue weighted by atomic mass is 16.5. The lowest BCUT2D eigenvalue weighted by Crippen LogP contribution is -2.24. The fraction of sp³-hybridized carbons (Fsp3) is 0.526. The molecule has 1 saturated carbocycles. The summed E-state index contributed by atoms with van der Waals surface area (Å²) in [7, 11) is 0. The van der Waals surface area contributed by atoms with Crippen LogP contribution in [-0.2, 0) is 11.3 Å². The van der Waals surface area contributed by atoms with E-state index < -0.39 is 0 Å². The summed E-state index contributed by atoms with van der Waals surface area (Å²) in [4.78, 5) is 4.59. The number of aryl methyl sites for hydroxylation is 2. The maximum atomic E-state index is 9.30. The Hall–Kier alpha value is -1.65. The first-order chi connectivity index (χ1) is 11.2. The lowest BCUT2D eigenvalue weighted by atomic mass is 9.88. The van der Waals surface area contributed by atoms with Crippen molar-refractivity contribution in [1.29, 1.82) is 0 Å². The Morgan fingerprint density at radius 3 is 2.74 bits per heavy atom. The molecule has 23 heavy (non-hydrogen) atoms. The molecular weight excluding hydrogens is 290 g/mol. The van der Waals surface area contributed by atoms with Crippen molar-refractivity contribution in [3.8, 4) is 11.5 Å². The molecule has 1 fully saturated rings. The average molecular weight is 315 g/mol. The molecule has 1 N–H and O–H groups in total. The zero-order chi connectivity index (χ0) is 16.2. The van der Waals surface area contributed by atoms with Gasteiger partial charge in [0.25, 0.3) is 0 Å². The minimum absolute atomic E-state index is 0.222. The van der Waals surface area contributed by atoms with E-state index in [4.69, 9.17) is 9.15 Å². The molecule has 0 spiro atoms. The highest BCUT2D eigenvalue weighted by Gasteiger charge is 2.22. The van der Waals surface area contributed by atoms with E-state index in [1.165, 1.54) is 5.56 Å². The van der Waals surface area contributed by atoms with Gasteiger partial charge < -0.3 is 14.3 Å². The van der Waals surface area contributed by atoms with Crippen molar-refractivity contribution in [1.82, 2.24) is 4.98 Å². The molecular formula is C19H25NO3.